The van der Waals surface area contributed by atoms with Crippen molar-refractivity contribution in [2.45, 2.75) is 95.1 Å². The van der Waals surface area contributed by atoms with Crippen molar-refractivity contribution in [2.24, 2.45) is 0 Å². The highest BCUT2D eigenvalue weighted by atomic mass is 31.2. The van der Waals surface area contributed by atoms with Crippen LogP contribution in [0, 0.1) is 0 Å². The minimum atomic E-state index is -4.32. The summed E-state index contributed by atoms with van der Waals surface area (Å²) in [5.74, 6) is 0. The van der Waals surface area contributed by atoms with E-state index in [2.05, 4.69) is 0 Å². The first kappa shape index (κ1) is 23.1. The number of methoxy groups -OCH3 is 1. The first-order valence-corrected chi connectivity index (χ1v) is 10.4. The summed E-state index contributed by atoms with van der Waals surface area (Å²) < 4.78 is 29.1. The van der Waals surface area contributed by atoms with Crippen LogP contribution in [-0.4, -0.2) is 65.3 Å². The highest BCUT2D eigenvalue weighted by Crippen LogP contribution is 2.60. The lowest BCUT2D eigenvalue weighted by Gasteiger charge is -2.39. The van der Waals surface area contributed by atoms with Crippen LogP contribution in [0.15, 0.2) is 0 Å². The summed E-state index contributed by atoms with van der Waals surface area (Å²) in [6.45, 7) is 6.88. The number of hydrogen-bond donors (Lipinski definition) is 3. The lowest BCUT2D eigenvalue weighted by molar-refractivity contribution is -0.0492. The van der Waals surface area contributed by atoms with E-state index in [9.17, 15) is 19.7 Å². The van der Waals surface area contributed by atoms with Gasteiger partial charge in [-0.15, -0.1) is 0 Å². The van der Waals surface area contributed by atoms with Crippen LogP contribution in [0.5, 0.6) is 0 Å². The Morgan fingerprint density at radius 2 is 1.84 bits per heavy atom. The molecule has 1 rings (SSSR count). The Balaban J connectivity index is 2.99. The fourth-order valence-electron chi connectivity index (χ4n) is 3.38. The van der Waals surface area contributed by atoms with E-state index in [1.807, 2.05) is 6.92 Å². The Labute approximate surface area is 152 Å². The molecule has 1 aliphatic heterocycles. The largest absolute Gasteiger partial charge is 0.388 e. The summed E-state index contributed by atoms with van der Waals surface area (Å²) in [6.07, 6.45) is -0.820. The third-order valence-corrected chi connectivity index (χ3v) is 7.43. The topological polar surface area (TPSA) is 105 Å². The fourth-order valence-corrected chi connectivity index (χ4v) is 5.11. The highest BCUT2D eigenvalue weighted by molar-refractivity contribution is 7.54. The van der Waals surface area contributed by atoms with Crippen LogP contribution < -0.4 is 0 Å². The molecule has 2 radical (unpaired) electrons. The second-order valence-corrected chi connectivity index (χ2v) is 9.09. The molecule has 1 heterocycles. The molecule has 3 N–H and O–H groups in total. The Bertz CT molecular complexity index is 473. The van der Waals surface area contributed by atoms with Crippen molar-refractivity contribution in [1.29, 1.82) is 0 Å². The normalized spacial score (nSPS) is 32.3. The molecule has 0 aromatic heterocycles. The van der Waals surface area contributed by atoms with Crippen molar-refractivity contribution in [1.82, 2.24) is 0 Å². The van der Waals surface area contributed by atoms with Crippen molar-refractivity contribution in [3.63, 3.8) is 0 Å². The number of ether oxygens (including phenoxy) is 2. The molecule has 0 saturated carbocycles. The third kappa shape index (κ3) is 5.07. The molecular weight excluding hydrogens is 346 g/mol. The summed E-state index contributed by atoms with van der Waals surface area (Å²) in [5, 5.41) is 19.0. The quantitative estimate of drug-likeness (QED) is 0.394. The Kier molecular flexibility index (Phi) is 8.16. The maximum Gasteiger partial charge on any atom is 0.359 e. The molecule has 1 saturated heterocycles. The minimum Gasteiger partial charge on any atom is -0.388 e. The molecule has 1 fully saturated rings. The van der Waals surface area contributed by atoms with Crippen LogP contribution in [0.4, 0.5) is 0 Å². The maximum absolute atomic E-state index is 12.8. The van der Waals surface area contributed by atoms with Gasteiger partial charge in [-0.2, -0.15) is 0 Å². The molecule has 7 nitrogen and oxygen atoms in total. The number of aliphatic hydroxyl groups is 2. The van der Waals surface area contributed by atoms with Gasteiger partial charge in [-0.1, -0.05) is 27.2 Å². The van der Waals surface area contributed by atoms with Gasteiger partial charge in [0.05, 0.1) is 11.7 Å². The van der Waals surface area contributed by atoms with Gasteiger partial charge in [-0.25, -0.2) is 0 Å². The maximum atomic E-state index is 12.8. The van der Waals surface area contributed by atoms with Crippen molar-refractivity contribution in [2.75, 3.05) is 7.11 Å². The molecule has 146 valence electrons. The SMILES string of the molecule is [B][C@@H]1O[C@H](CC(C)(CCC)OP(=O)(O)C(O)(CC)CC)[C@@H](O)[C@H]1OC. The summed E-state index contributed by atoms with van der Waals surface area (Å²) in [7, 11) is 2.92. The lowest BCUT2D eigenvalue weighted by Crippen LogP contribution is -2.41. The highest BCUT2D eigenvalue weighted by Gasteiger charge is 2.51. The average molecular weight is 378 g/mol. The van der Waals surface area contributed by atoms with E-state index in [-0.39, 0.29) is 19.3 Å². The van der Waals surface area contributed by atoms with E-state index in [4.69, 9.17) is 21.8 Å². The zero-order valence-corrected chi connectivity index (χ0v) is 16.7. The van der Waals surface area contributed by atoms with Gasteiger partial charge < -0.3 is 29.1 Å². The van der Waals surface area contributed by atoms with Crippen molar-refractivity contribution < 1.29 is 33.7 Å². The van der Waals surface area contributed by atoms with Crippen LogP contribution >= 0.6 is 7.60 Å². The molecule has 25 heavy (non-hydrogen) atoms. The minimum absolute atomic E-state index is 0.0959. The van der Waals surface area contributed by atoms with E-state index < -0.39 is 42.9 Å². The molecule has 0 bridgehead atoms. The van der Waals surface area contributed by atoms with E-state index in [1.165, 1.54) is 7.11 Å². The smallest absolute Gasteiger partial charge is 0.359 e. The molecular formula is C16H32BO7P. The molecule has 0 spiro atoms. The molecule has 0 aromatic rings. The Morgan fingerprint density at radius 1 is 1.28 bits per heavy atom. The fraction of sp³-hybridized carbons (Fsp3) is 1.00. The standard InChI is InChI=1S/C16H32BO7P/c1-6-9-15(4,24-25(20,21)16(19,7-2)8-3)10-11-12(18)13(22-5)14(17)23-11/h11-14,18-19H,6-10H2,1-5H3,(H,20,21)/t11-,12-,13-,14-,15?/m1/s1. The number of hydrogen-bond acceptors (Lipinski definition) is 6. The second kappa shape index (κ2) is 8.83. The summed E-state index contributed by atoms with van der Waals surface area (Å²) in [5.41, 5.74) is -1.06. The van der Waals surface area contributed by atoms with Gasteiger partial charge in [-0.3, -0.25) is 4.57 Å². The number of aliphatic hydroxyl groups excluding tert-OH is 1. The van der Waals surface area contributed by atoms with Crippen molar-refractivity contribution >= 4 is 15.4 Å². The molecule has 0 amide bonds. The molecule has 9 heteroatoms. The molecule has 0 aliphatic carbocycles. The lowest BCUT2D eigenvalue weighted by atomic mass is 9.89. The van der Waals surface area contributed by atoms with Gasteiger partial charge >= 0.3 is 7.60 Å². The summed E-state index contributed by atoms with van der Waals surface area (Å²) >= 11 is 0. The molecule has 6 atom stereocenters. The van der Waals surface area contributed by atoms with Crippen molar-refractivity contribution in [3.05, 3.63) is 0 Å². The predicted molar refractivity (Wildman–Crippen MR) is 95.6 cm³/mol. The first-order chi connectivity index (χ1) is 11.5. The summed E-state index contributed by atoms with van der Waals surface area (Å²) in [4.78, 5) is 10.4. The molecule has 1 aliphatic rings. The first-order valence-electron chi connectivity index (χ1n) is 8.87. The average Bonchev–Trinajstić information content (AvgIpc) is 2.78. The van der Waals surface area contributed by atoms with E-state index >= 15 is 0 Å². The van der Waals surface area contributed by atoms with Gasteiger partial charge in [0.15, 0.2) is 5.34 Å². The van der Waals surface area contributed by atoms with E-state index in [1.54, 1.807) is 20.8 Å². The van der Waals surface area contributed by atoms with Gasteiger partial charge in [-0.05, 0) is 26.2 Å². The second-order valence-electron chi connectivity index (χ2n) is 7.04. The zero-order valence-electron chi connectivity index (χ0n) is 15.8. The van der Waals surface area contributed by atoms with Crippen LogP contribution in [0.25, 0.3) is 0 Å². The van der Waals surface area contributed by atoms with Crippen molar-refractivity contribution in [3.8, 4) is 0 Å². The van der Waals surface area contributed by atoms with Crippen LogP contribution in [0.3, 0.4) is 0 Å². The van der Waals surface area contributed by atoms with Gasteiger partial charge in [0.1, 0.15) is 20.1 Å². The zero-order chi connectivity index (χ0) is 19.5. The Hall–Kier alpha value is 0.0549. The van der Waals surface area contributed by atoms with Gasteiger partial charge in [0.25, 0.3) is 0 Å². The van der Waals surface area contributed by atoms with E-state index in [0.29, 0.717) is 12.8 Å². The molecule has 2 unspecified atom stereocenters. The summed E-state index contributed by atoms with van der Waals surface area (Å²) in [6, 6.07) is -0.778. The van der Waals surface area contributed by atoms with Crippen LogP contribution in [0.1, 0.15) is 59.8 Å². The van der Waals surface area contributed by atoms with Gasteiger partial charge in [0, 0.05) is 19.5 Å². The predicted octanol–water partition coefficient (Wildman–Crippen LogP) is 1.92. The Morgan fingerprint density at radius 3 is 2.24 bits per heavy atom. The third-order valence-electron chi connectivity index (χ3n) is 5.06. The van der Waals surface area contributed by atoms with Crippen LogP contribution in [-0.2, 0) is 18.6 Å². The molecule has 0 aromatic carbocycles. The van der Waals surface area contributed by atoms with E-state index in [0.717, 1.165) is 0 Å². The number of rotatable bonds is 10. The van der Waals surface area contributed by atoms with Crippen LogP contribution in [0.2, 0.25) is 0 Å². The van der Waals surface area contributed by atoms with Gasteiger partial charge in [0.2, 0.25) is 0 Å². The monoisotopic (exact) mass is 378 g/mol.